The van der Waals surface area contributed by atoms with E-state index in [2.05, 4.69) is 22.4 Å². The van der Waals surface area contributed by atoms with Crippen molar-refractivity contribution in [2.45, 2.75) is 32.7 Å². The number of pyridine rings is 1. The van der Waals surface area contributed by atoms with Crippen molar-refractivity contribution >= 4 is 5.91 Å². The summed E-state index contributed by atoms with van der Waals surface area (Å²) in [5.41, 5.74) is 2.75. The number of ether oxygens (including phenoxy) is 2. The van der Waals surface area contributed by atoms with Crippen LogP contribution in [-0.4, -0.2) is 24.1 Å². The molecule has 2 aromatic carbocycles. The zero-order valence-corrected chi connectivity index (χ0v) is 17.5. The van der Waals surface area contributed by atoms with Crippen LogP contribution in [0.3, 0.4) is 0 Å². The number of nitrogens with one attached hydrogen (secondary N) is 1. The number of carbonyl (C=O) groups is 1. The summed E-state index contributed by atoms with van der Waals surface area (Å²) in [5.74, 6) is 1.26. The molecule has 0 radical (unpaired) electrons. The quantitative estimate of drug-likeness (QED) is 0.518. The highest BCUT2D eigenvalue weighted by Crippen LogP contribution is 2.32. The zero-order valence-electron chi connectivity index (χ0n) is 17.5. The zero-order chi connectivity index (χ0) is 21.2. The summed E-state index contributed by atoms with van der Waals surface area (Å²) in [6.45, 7) is 4.99. The van der Waals surface area contributed by atoms with Crippen LogP contribution in [0.5, 0.6) is 11.5 Å². The first-order valence-electron chi connectivity index (χ1n) is 10.4. The molecule has 1 N–H and O–H groups in total. The topological polar surface area (TPSA) is 60.5 Å². The number of hydrogen-bond donors (Lipinski definition) is 1. The molecule has 1 atom stereocenters. The highest BCUT2D eigenvalue weighted by Gasteiger charge is 2.18. The molecule has 3 aromatic rings. The summed E-state index contributed by atoms with van der Waals surface area (Å²) < 4.78 is 11.5. The second kappa shape index (κ2) is 11.0. The third kappa shape index (κ3) is 5.83. The number of aromatic nitrogens is 1. The molecule has 0 aliphatic carbocycles. The third-order valence-electron chi connectivity index (χ3n) is 4.76. The molecular weight excluding hydrogens is 376 g/mol. The second-order valence-corrected chi connectivity index (χ2v) is 6.86. The Morgan fingerprint density at radius 3 is 2.43 bits per heavy atom. The molecule has 0 aliphatic rings. The minimum Gasteiger partial charge on any atom is -0.490 e. The first-order chi connectivity index (χ1) is 14.7. The molecule has 0 spiro atoms. The maximum absolute atomic E-state index is 12.8. The van der Waals surface area contributed by atoms with Crippen LogP contribution in [0.25, 0.3) is 0 Å². The fraction of sp³-hybridized carbons (Fsp3) is 0.280. The van der Waals surface area contributed by atoms with E-state index in [-0.39, 0.29) is 11.9 Å². The number of rotatable bonds is 10. The number of aryl methyl sites for hydroxylation is 1. The van der Waals surface area contributed by atoms with Gasteiger partial charge in [0, 0.05) is 12.4 Å². The smallest absolute Gasteiger partial charge is 0.253 e. The number of benzene rings is 2. The Balaban J connectivity index is 1.85. The maximum atomic E-state index is 12.8. The number of carbonyl (C=O) groups excluding carboxylic acids is 1. The summed E-state index contributed by atoms with van der Waals surface area (Å²) in [5, 5.41) is 3.17. The van der Waals surface area contributed by atoms with E-state index in [9.17, 15) is 4.79 Å². The van der Waals surface area contributed by atoms with Gasteiger partial charge in [0.2, 0.25) is 0 Å². The summed E-state index contributed by atoms with van der Waals surface area (Å²) in [6, 6.07) is 19.5. The standard InChI is InChI=1S/C25H28N2O3/c1-3-29-23-15-13-20(17-24(23)30-4-2)22(14-12-19-9-6-5-7-10-19)27-25(28)21-11-8-16-26-18-21/h5-11,13,15-18,22H,3-4,12,14H2,1-2H3,(H,27,28)/t22-/m1/s1. The van der Waals surface area contributed by atoms with Gasteiger partial charge in [-0.3, -0.25) is 9.78 Å². The molecule has 0 saturated carbocycles. The molecule has 0 aliphatic heterocycles. The van der Waals surface area contributed by atoms with Gasteiger partial charge in [0.1, 0.15) is 0 Å². The van der Waals surface area contributed by atoms with Crippen molar-refractivity contribution in [2.75, 3.05) is 13.2 Å². The van der Waals surface area contributed by atoms with Crippen molar-refractivity contribution in [1.82, 2.24) is 10.3 Å². The molecule has 0 unspecified atom stereocenters. The lowest BCUT2D eigenvalue weighted by Gasteiger charge is -2.21. The van der Waals surface area contributed by atoms with Gasteiger partial charge < -0.3 is 14.8 Å². The first-order valence-corrected chi connectivity index (χ1v) is 10.4. The average Bonchev–Trinajstić information content (AvgIpc) is 2.79. The van der Waals surface area contributed by atoms with E-state index in [0.29, 0.717) is 30.3 Å². The van der Waals surface area contributed by atoms with Crippen molar-refractivity contribution in [3.63, 3.8) is 0 Å². The summed E-state index contributed by atoms with van der Waals surface area (Å²) in [6.07, 6.45) is 4.84. The number of nitrogens with zero attached hydrogens (tertiary/aromatic N) is 1. The van der Waals surface area contributed by atoms with E-state index >= 15 is 0 Å². The maximum Gasteiger partial charge on any atom is 0.253 e. The van der Waals surface area contributed by atoms with Crippen LogP contribution in [0, 0.1) is 0 Å². The molecule has 3 rings (SSSR count). The van der Waals surface area contributed by atoms with Crippen LogP contribution in [0.15, 0.2) is 73.1 Å². The van der Waals surface area contributed by atoms with Gasteiger partial charge in [0.25, 0.3) is 5.91 Å². The van der Waals surface area contributed by atoms with Gasteiger partial charge in [-0.05, 0) is 62.1 Å². The first kappa shape index (κ1) is 21.4. The monoisotopic (exact) mass is 404 g/mol. The molecule has 30 heavy (non-hydrogen) atoms. The van der Waals surface area contributed by atoms with Crippen LogP contribution >= 0.6 is 0 Å². The molecule has 0 fully saturated rings. The fourth-order valence-corrected chi connectivity index (χ4v) is 3.30. The molecule has 5 heteroatoms. The Labute approximate surface area is 178 Å². The van der Waals surface area contributed by atoms with Crippen LogP contribution in [0.1, 0.15) is 47.8 Å². The van der Waals surface area contributed by atoms with Crippen molar-refractivity contribution in [3.8, 4) is 11.5 Å². The molecule has 0 bridgehead atoms. The van der Waals surface area contributed by atoms with E-state index in [0.717, 1.165) is 18.4 Å². The largest absolute Gasteiger partial charge is 0.490 e. The van der Waals surface area contributed by atoms with Crippen LogP contribution in [0.2, 0.25) is 0 Å². The van der Waals surface area contributed by atoms with Gasteiger partial charge in [-0.25, -0.2) is 0 Å². The van der Waals surface area contributed by atoms with Crippen molar-refractivity contribution < 1.29 is 14.3 Å². The Bertz CT molecular complexity index is 930. The Hall–Kier alpha value is -3.34. The number of hydrogen-bond acceptors (Lipinski definition) is 4. The molecule has 5 nitrogen and oxygen atoms in total. The van der Waals surface area contributed by atoms with Crippen LogP contribution < -0.4 is 14.8 Å². The van der Waals surface area contributed by atoms with Gasteiger partial charge in [-0.1, -0.05) is 36.4 Å². The van der Waals surface area contributed by atoms with E-state index in [1.165, 1.54) is 5.56 Å². The lowest BCUT2D eigenvalue weighted by Crippen LogP contribution is -2.29. The minimum atomic E-state index is -0.173. The van der Waals surface area contributed by atoms with Crippen molar-refractivity contribution in [2.24, 2.45) is 0 Å². The van der Waals surface area contributed by atoms with Crippen molar-refractivity contribution in [3.05, 3.63) is 89.7 Å². The van der Waals surface area contributed by atoms with E-state index in [1.54, 1.807) is 24.5 Å². The normalized spacial score (nSPS) is 11.5. The summed E-state index contributed by atoms with van der Waals surface area (Å²) in [4.78, 5) is 16.9. The van der Waals surface area contributed by atoms with E-state index in [4.69, 9.17) is 9.47 Å². The van der Waals surface area contributed by atoms with E-state index < -0.39 is 0 Å². The Kier molecular flexibility index (Phi) is 7.84. The summed E-state index contributed by atoms with van der Waals surface area (Å²) in [7, 11) is 0. The van der Waals surface area contributed by atoms with Gasteiger partial charge in [-0.2, -0.15) is 0 Å². The highest BCUT2D eigenvalue weighted by atomic mass is 16.5. The van der Waals surface area contributed by atoms with E-state index in [1.807, 2.05) is 50.2 Å². The van der Waals surface area contributed by atoms with Crippen molar-refractivity contribution in [1.29, 1.82) is 0 Å². The molecular formula is C25H28N2O3. The molecule has 1 amide bonds. The summed E-state index contributed by atoms with van der Waals surface area (Å²) >= 11 is 0. The number of amides is 1. The molecule has 1 aromatic heterocycles. The van der Waals surface area contributed by atoms with Gasteiger partial charge in [0.15, 0.2) is 11.5 Å². The second-order valence-electron chi connectivity index (χ2n) is 6.86. The van der Waals surface area contributed by atoms with Crippen LogP contribution in [-0.2, 0) is 6.42 Å². The van der Waals surface area contributed by atoms with Crippen LogP contribution in [0.4, 0.5) is 0 Å². The lowest BCUT2D eigenvalue weighted by atomic mass is 9.98. The lowest BCUT2D eigenvalue weighted by molar-refractivity contribution is 0.0934. The molecule has 0 saturated heterocycles. The predicted molar refractivity (Wildman–Crippen MR) is 118 cm³/mol. The van der Waals surface area contributed by atoms with Gasteiger partial charge in [0.05, 0.1) is 24.8 Å². The SMILES string of the molecule is CCOc1ccc([C@@H](CCc2ccccc2)NC(=O)c2cccnc2)cc1OCC. The molecule has 1 heterocycles. The Morgan fingerprint density at radius 2 is 1.73 bits per heavy atom. The highest BCUT2D eigenvalue weighted by molar-refractivity contribution is 5.94. The predicted octanol–water partition coefficient (Wildman–Crippen LogP) is 4.98. The molecule has 156 valence electrons. The minimum absolute atomic E-state index is 0.145. The fourth-order valence-electron chi connectivity index (χ4n) is 3.30. The average molecular weight is 405 g/mol. The van der Waals surface area contributed by atoms with Gasteiger partial charge in [-0.15, -0.1) is 0 Å². The Morgan fingerprint density at radius 1 is 0.967 bits per heavy atom. The van der Waals surface area contributed by atoms with Gasteiger partial charge >= 0.3 is 0 Å². The third-order valence-corrected chi connectivity index (χ3v) is 4.76.